The Morgan fingerprint density at radius 3 is 2.34 bits per heavy atom. The molecule has 29 heavy (non-hydrogen) atoms. The number of benzene rings is 2. The maximum atomic E-state index is 5.48. The maximum Gasteiger partial charge on any atom is 0.175 e. The van der Waals surface area contributed by atoms with E-state index in [1.165, 1.54) is 5.56 Å². The van der Waals surface area contributed by atoms with Crippen molar-refractivity contribution in [2.24, 2.45) is 0 Å². The molecule has 4 nitrogen and oxygen atoms in total. The van der Waals surface area contributed by atoms with Crippen LogP contribution in [0.1, 0.15) is 10.6 Å². The van der Waals surface area contributed by atoms with Crippen LogP contribution in [-0.4, -0.2) is 15.1 Å². The van der Waals surface area contributed by atoms with Crippen molar-refractivity contribution in [3.05, 3.63) is 83.6 Å². The third kappa shape index (κ3) is 4.67. The molecule has 0 aliphatic heterocycles. The van der Waals surface area contributed by atoms with Gasteiger partial charge >= 0.3 is 0 Å². The third-order valence-corrected chi connectivity index (χ3v) is 5.60. The van der Waals surface area contributed by atoms with E-state index in [1.807, 2.05) is 43.3 Å². The molecule has 4 aromatic rings. The second-order valence-electron chi connectivity index (χ2n) is 6.67. The van der Waals surface area contributed by atoms with Gasteiger partial charge in [0.1, 0.15) is 0 Å². The van der Waals surface area contributed by atoms with Crippen molar-refractivity contribution in [3.8, 4) is 21.7 Å². The molecule has 2 heterocycles. The smallest absolute Gasteiger partial charge is 0.175 e. The van der Waals surface area contributed by atoms with Crippen LogP contribution in [0.3, 0.4) is 0 Å². The minimum absolute atomic E-state index is 0.556. The Bertz CT molecular complexity index is 1140. The lowest BCUT2D eigenvalue weighted by atomic mass is 10.1. The molecule has 0 aliphatic rings. The largest absolute Gasteiger partial charge is 0.332 e. The summed E-state index contributed by atoms with van der Waals surface area (Å²) >= 11 is 7.16. The van der Waals surface area contributed by atoms with Gasteiger partial charge in [0.25, 0.3) is 0 Å². The lowest BCUT2D eigenvalue weighted by Gasteiger charge is -2.12. The quantitative estimate of drug-likeness (QED) is 0.382. The summed E-state index contributed by atoms with van der Waals surface area (Å²) in [6, 6.07) is 20.3. The summed E-state index contributed by atoms with van der Waals surface area (Å²) in [6.45, 7) is 4.09. The van der Waals surface area contributed by atoms with Crippen molar-refractivity contribution in [3.63, 3.8) is 0 Å². The van der Waals surface area contributed by atoms with Crippen LogP contribution in [0.25, 0.3) is 21.7 Å². The Labute approximate surface area is 179 Å². The fourth-order valence-corrected chi connectivity index (χ4v) is 4.17. The van der Waals surface area contributed by atoms with Gasteiger partial charge in [-0.25, -0.2) is 4.98 Å². The number of aromatic nitrogens is 2. The van der Waals surface area contributed by atoms with Crippen LogP contribution >= 0.6 is 23.6 Å². The molecule has 0 atom stereocenters. The molecule has 2 aromatic carbocycles. The van der Waals surface area contributed by atoms with E-state index in [2.05, 4.69) is 46.8 Å². The van der Waals surface area contributed by atoms with Gasteiger partial charge in [-0.3, -0.25) is 4.98 Å². The van der Waals surface area contributed by atoms with E-state index in [9.17, 15) is 0 Å². The lowest BCUT2D eigenvalue weighted by molar-refractivity contribution is 1.28. The van der Waals surface area contributed by atoms with E-state index < -0.39 is 0 Å². The summed E-state index contributed by atoms with van der Waals surface area (Å²) < 4.78 is 0. The van der Waals surface area contributed by atoms with Crippen molar-refractivity contribution >= 4 is 40.0 Å². The molecule has 0 amide bonds. The van der Waals surface area contributed by atoms with Crippen LogP contribution in [-0.2, 0) is 0 Å². The summed E-state index contributed by atoms with van der Waals surface area (Å²) in [5.41, 5.74) is 6.25. The monoisotopic (exact) mass is 416 g/mol. The number of nitrogens with zero attached hydrogens (tertiary/aromatic N) is 2. The van der Waals surface area contributed by atoms with Crippen molar-refractivity contribution in [1.29, 1.82) is 0 Å². The SMILES string of the molecule is Cc1ccc(NC(=S)Nc2cccc(-c3sc(C)nc3-c3ccncc3)c2)cc1. The minimum Gasteiger partial charge on any atom is -0.332 e. The van der Waals surface area contributed by atoms with E-state index in [1.54, 1.807) is 23.7 Å². The van der Waals surface area contributed by atoms with Gasteiger partial charge in [-0.2, -0.15) is 0 Å². The van der Waals surface area contributed by atoms with Gasteiger partial charge in [0, 0.05) is 29.3 Å². The predicted molar refractivity (Wildman–Crippen MR) is 127 cm³/mol. The van der Waals surface area contributed by atoms with Gasteiger partial charge in [0.15, 0.2) is 5.11 Å². The van der Waals surface area contributed by atoms with Crippen molar-refractivity contribution < 1.29 is 0 Å². The summed E-state index contributed by atoms with van der Waals surface area (Å²) in [7, 11) is 0. The van der Waals surface area contributed by atoms with Gasteiger partial charge in [0.05, 0.1) is 15.6 Å². The number of aryl methyl sites for hydroxylation is 2. The maximum absolute atomic E-state index is 5.48. The normalized spacial score (nSPS) is 10.6. The summed E-state index contributed by atoms with van der Waals surface area (Å²) in [5, 5.41) is 8.08. The van der Waals surface area contributed by atoms with Crippen molar-refractivity contribution in [2.75, 3.05) is 10.6 Å². The van der Waals surface area contributed by atoms with E-state index in [0.717, 1.165) is 38.1 Å². The number of rotatable bonds is 4. The second-order valence-corrected chi connectivity index (χ2v) is 8.28. The zero-order valence-electron chi connectivity index (χ0n) is 16.1. The van der Waals surface area contributed by atoms with Crippen LogP contribution in [0.5, 0.6) is 0 Å². The molecule has 0 saturated carbocycles. The number of hydrogen-bond acceptors (Lipinski definition) is 4. The van der Waals surface area contributed by atoms with Crippen LogP contribution in [0.15, 0.2) is 73.1 Å². The van der Waals surface area contributed by atoms with Crippen LogP contribution in [0.4, 0.5) is 11.4 Å². The van der Waals surface area contributed by atoms with E-state index in [0.29, 0.717) is 5.11 Å². The van der Waals surface area contributed by atoms with E-state index >= 15 is 0 Å². The van der Waals surface area contributed by atoms with Gasteiger partial charge in [-0.05, 0) is 68.0 Å². The highest BCUT2D eigenvalue weighted by molar-refractivity contribution is 7.80. The first-order chi connectivity index (χ1) is 14.1. The molecule has 2 aromatic heterocycles. The Morgan fingerprint density at radius 2 is 1.59 bits per heavy atom. The first-order valence-corrected chi connectivity index (χ1v) is 10.4. The van der Waals surface area contributed by atoms with Gasteiger partial charge in [0.2, 0.25) is 0 Å². The van der Waals surface area contributed by atoms with E-state index in [-0.39, 0.29) is 0 Å². The van der Waals surface area contributed by atoms with Crippen molar-refractivity contribution in [1.82, 2.24) is 9.97 Å². The minimum atomic E-state index is 0.556. The van der Waals surface area contributed by atoms with Crippen LogP contribution in [0, 0.1) is 13.8 Å². The Hall–Kier alpha value is -3.09. The molecule has 0 bridgehead atoms. The summed E-state index contributed by atoms with van der Waals surface area (Å²) in [5.74, 6) is 0. The molecule has 0 spiro atoms. The van der Waals surface area contributed by atoms with Gasteiger partial charge in [-0.15, -0.1) is 11.3 Å². The highest BCUT2D eigenvalue weighted by atomic mass is 32.1. The Morgan fingerprint density at radius 1 is 0.862 bits per heavy atom. The summed E-state index contributed by atoms with van der Waals surface area (Å²) in [6.07, 6.45) is 3.59. The zero-order chi connectivity index (χ0) is 20.2. The molecular weight excluding hydrogens is 396 g/mol. The average Bonchev–Trinajstić information content (AvgIpc) is 3.12. The molecule has 0 fully saturated rings. The number of hydrogen-bond donors (Lipinski definition) is 2. The van der Waals surface area contributed by atoms with Crippen LogP contribution in [0.2, 0.25) is 0 Å². The fourth-order valence-electron chi connectivity index (χ4n) is 3.00. The second kappa shape index (κ2) is 8.51. The fraction of sp³-hybridized carbons (Fsp3) is 0.0870. The molecule has 4 rings (SSSR count). The first kappa shape index (κ1) is 19.2. The highest BCUT2D eigenvalue weighted by Gasteiger charge is 2.13. The molecule has 144 valence electrons. The van der Waals surface area contributed by atoms with Crippen LogP contribution < -0.4 is 10.6 Å². The highest BCUT2D eigenvalue weighted by Crippen LogP contribution is 2.37. The zero-order valence-corrected chi connectivity index (χ0v) is 17.8. The first-order valence-electron chi connectivity index (χ1n) is 9.21. The number of pyridine rings is 1. The number of thiocarbonyl (C=S) groups is 1. The number of nitrogens with one attached hydrogen (secondary N) is 2. The topological polar surface area (TPSA) is 49.8 Å². The molecule has 2 N–H and O–H groups in total. The molecule has 0 saturated heterocycles. The average molecular weight is 417 g/mol. The third-order valence-electron chi connectivity index (χ3n) is 4.38. The molecule has 0 radical (unpaired) electrons. The Kier molecular flexibility index (Phi) is 5.64. The lowest BCUT2D eigenvalue weighted by Crippen LogP contribution is -2.18. The number of anilines is 2. The van der Waals surface area contributed by atoms with Gasteiger partial charge in [-0.1, -0.05) is 29.8 Å². The predicted octanol–water partition coefficient (Wildman–Crippen LogP) is 6.30. The molecule has 6 heteroatoms. The van der Waals surface area contributed by atoms with Gasteiger partial charge < -0.3 is 10.6 Å². The number of thiazole rings is 1. The summed E-state index contributed by atoms with van der Waals surface area (Å²) in [4.78, 5) is 9.99. The molecule has 0 unspecified atom stereocenters. The van der Waals surface area contributed by atoms with E-state index in [4.69, 9.17) is 17.2 Å². The standard InChI is InChI=1S/C23H20N4S2/c1-15-6-8-19(9-7-15)26-23(28)27-20-5-3-4-18(14-20)22-21(25-16(2)29-22)17-10-12-24-13-11-17/h3-14H,1-2H3,(H2,26,27,28). The molecular formula is C23H20N4S2. The van der Waals surface area contributed by atoms with Crippen molar-refractivity contribution in [2.45, 2.75) is 13.8 Å². The Balaban J connectivity index is 1.57. The molecule has 0 aliphatic carbocycles.